The predicted octanol–water partition coefficient (Wildman–Crippen LogP) is 4.64. The number of thioether (sulfide) groups is 1. The quantitative estimate of drug-likeness (QED) is 0.381. The predicted molar refractivity (Wildman–Crippen MR) is 155 cm³/mol. The third-order valence-electron chi connectivity index (χ3n) is 9.49. The number of nitrogens with one attached hydrogen (secondary N) is 2. The van der Waals surface area contributed by atoms with Gasteiger partial charge in [-0.1, -0.05) is 75.2 Å². The van der Waals surface area contributed by atoms with E-state index in [9.17, 15) is 14.4 Å². The van der Waals surface area contributed by atoms with Gasteiger partial charge in [0.15, 0.2) is 0 Å². The SMILES string of the molecule is CSc1cccc(NC(=O)[C@@H]2[C@@H]3C=C[C@]4(O3)[C@@H]2C(=O)N(Cc2ccccc2)[C@H]4C(=O)N[C@@H]2CCC[C@H](C)[C@@H]2C)c1. The van der Waals surface area contributed by atoms with Crippen molar-refractivity contribution in [2.75, 3.05) is 11.6 Å². The highest BCUT2D eigenvalue weighted by atomic mass is 32.2. The lowest BCUT2D eigenvalue weighted by Crippen LogP contribution is -2.57. The molecule has 3 heterocycles. The Kier molecular flexibility index (Phi) is 7.25. The zero-order valence-corrected chi connectivity index (χ0v) is 24.0. The minimum Gasteiger partial charge on any atom is -0.359 e. The third kappa shape index (κ3) is 4.55. The van der Waals surface area contributed by atoms with E-state index in [1.807, 2.05) is 73.0 Å². The summed E-state index contributed by atoms with van der Waals surface area (Å²) < 4.78 is 6.51. The first-order valence-corrected chi connectivity index (χ1v) is 15.5. The molecule has 4 aliphatic rings. The zero-order chi connectivity index (χ0) is 28.0. The summed E-state index contributed by atoms with van der Waals surface area (Å²) in [4.78, 5) is 44.8. The van der Waals surface area contributed by atoms with Crippen LogP contribution in [0.15, 0.2) is 71.6 Å². The lowest BCUT2D eigenvalue weighted by Gasteiger charge is -2.38. The first-order chi connectivity index (χ1) is 19.3. The molecule has 2 aromatic rings. The van der Waals surface area contributed by atoms with Crippen molar-refractivity contribution in [3.63, 3.8) is 0 Å². The van der Waals surface area contributed by atoms with Crippen molar-refractivity contribution in [2.45, 2.75) is 68.3 Å². The van der Waals surface area contributed by atoms with Crippen molar-refractivity contribution >= 4 is 35.2 Å². The standard InChI is InChI=1S/C32H37N3O4S/c1-19-9-7-14-24(20(19)2)34-30(37)28-32-16-15-25(39-32)26(29(36)33-22-12-8-13-23(17-22)40-3)27(32)31(38)35(28)18-21-10-5-4-6-11-21/h4-6,8,10-13,15-17,19-20,24-28H,7,9,14,18H2,1-3H3,(H,33,36)(H,34,37)/t19-,20-,24+,25-,26+,27-,28-,32-/m0/s1. The fraction of sp³-hybridized carbons (Fsp3) is 0.469. The second kappa shape index (κ2) is 10.7. The van der Waals surface area contributed by atoms with Gasteiger partial charge in [0, 0.05) is 23.2 Å². The second-order valence-electron chi connectivity index (χ2n) is 11.8. The lowest BCUT2D eigenvalue weighted by molar-refractivity contribution is -0.142. The van der Waals surface area contributed by atoms with Gasteiger partial charge in [-0.15, -0.1) is 11.8 Å². The van der Waals surface area contributed by atoms with Crippen LogP contribution in [0.4, 0.5) is 5.69 Å². The van der Waals surface area contributed by atoms with Crippen molar-refractivity contribution in [3.05, 3.63) is 72.3 Å². The Hall–Kier alpha value is -3.10. The summed E-state index contributed by atoms with van der Waals surface area (Å²) >= 11 is 1.60. The average molecular weight is 560 g/mol. The van der Waals surface area contributed by atoms with Crippen molar-refractivity contribution in [1.29, 1.82) is 0 Å². The maximum atomic E-state index is 14.2. The van der Waals surface area contributed by atoms with Gasteiger partial charge in [-0.05, 0) is 48.3 Å². The van der Waals surface area contributed by atoms with Gasteiger partial charge < -0.3 is 20.3 Å². The van der Waals surface area contributed by atoms with Crippen LogP contribution in [0.5, 0.6) is 0 Å². The Bertz CT molecular complexity index is 1330. The molecule has 210 valence electrons. The van der Waals surface area contributed by atoms with E-state index in [2.05, 4.69) is 24.5 Å². The van der Waals surface area contributed by atoms with Crippen LogP contribution in [-0.2, 0) is 25.7 Å². The molecule has 7 nitrogen and oxygen atoms in total. The highest BCUT2D eigenvalue weighted by molar-refractivity contribution is 7.98. The number of amides is 3. The highest BCUT2D eigenvalue weighted by Crippen LogP contribution is 2.55. The van der Waals surface area contributed by atoms with E-state index in [-0.39, 0.29) is 30.3 Å². The second-order valence-corrected chi connectivity index (χ2v) is 12.6. The van der Waals surface area contributed by atoms with Gasteiger partial charge in [-0.2, -0.15) is 0 Å². The fourth-order valence-corrected chi connectivity index (χ4v) is 7.65. The first-order valence-electron chi connectivity index (χ1n) is 14.3. The summed E-state index contributed by atoms with van der Waals surface area (Å²) in [5, 5.41) is 6.34. The summed E-state index contributed by atoms with van der Waals surface area (Å²) in [7, 11) is 0. The van der Waals surface area contributed by atoms with E-state index in [4.69, 9.17) is 4.74 Å². The molecular weight excluding hydrogens is 522 g/mol. The Labute approximate surface area is 240 Å². The number of carbonyl (C=O) groups excluding carboxylic acids is 3. The number of hydrogen-bond acceptors (Lipinski definition) is 5. The molecule has 40 heavy (non-hydrogen) atoms. The number of anilines is 1. The summed E-state index contributed by atoms with van der Waals surface area (Å²) in [6.07, 6.45) is 8.32. The van der Waals surface area contributed by atoms with E-state index in [1.54, 1.807) is 16.7 Å². The van der Waals surface area contributed by atoms with Crippen LogP contribution < -0.4 is 10.6 Å². The van der Waals surface area contributed by atoms with Crippen LogP contribution in [0.3, 0.4) is 0 Å². The zero-order valence-electron chi connectivity index (χ0n) is 23.2. The molecule has 1 aliphatic carbocycles. The van der Waals surface area contributed by atoms with Crippen molar-refractivity contribution in [2.24, 2.45) is 23.7 Å². The van der Waals surface area contributed by atoms with Gasteiger partial charge in [-0.25, -0.2) is 0 Å². The summed E-state index contributed by atoms with van der Waals surface area (Å²) in [6, 6.07) is 16.5. The van der Waals surface area contributed by atoms with Crippen LogP contribution in [0.1, 0.15) is 38.7 Å². The molecule has 2 N–H and O–H groups in total. The number of benzene rings is 2. The average Bonchev–Trinajstić information content (AvgIpc) is 3.59. The Morgan fingerprint density at radius 3 is 2.65 bits per heavy atom. The molecule has 2 aromatic carbocycles. The summed E-state index contributed by atoms with van der Waals surface area (Å²) in [6.45, 7) is 4.71. The molecule has 8 heteroatoms. The van der Waals surface area contributed by atoms with Gasteiger partial charge in [0.2, 0.25) is 17.7 Å². The first kappa shape index (κ1) is 27.1. The largest absolute Gasteiger partial charge is 0.359 e. The highest BCUT2D eigenvalue weighted by Gasteiger charge is 2.72. The van der Waals surface area contributed by atoms with E-state index in [0.29, 0.717) is 17.5 Å². The molecule has 2 saturated heterocycles. The van der Waals surface area contributed by atoms with E-state index in [0.717, 1.165) is 29.7 Å². The van der Waals surface area contributed by atoms with E-state index < -0.39 is 29.6 Å². The molecule has 0 unspecified atom stereocenters. The van der Waals surface area contributed by atoms with E-state index in [1.165, 1.54) is 0 Å². The lowest BCUT2D eigenvalue weighted by atomic mass is 9.73. The van der Waals surface area contributed by atoms with Crippen molar-refractivity contribution in [3.8, 4) is 0 Å². The molecule has 8 atom stereocenters. The molecule has 3 aliphatic heterocycles. The molecule has 1 saturated carbocycles. The minimum atomic E-state index is -1.17. The smallest absolute Gasteiger partial charge is 0.246 e. The molecule has 3 amide bonds. The molecule has 3 fully saturated rings. The van der Waals surface area contributed by atoms with Gasteiger partial charge in [-0.3, -0.25) is 14.4 Å². The maximum Gasteiger partial charge on any atom is 0.246 e. The van der Waals surface area contributed by atoms with Crippen LogP contribution in [0.25, 0.3) is 0 Å². The molecule has 0 radical (unpaired) electrons. The summed E-state index contributed by atoms with van der Waals surface area (Å²) in [5.41, 5.74) is 0.435. The van der Waals surface area contributed by atoms with Crippen molar-refractivity contribution < 1.29 is 19.1 Å². The molecule has 6 rings (SSSR count). The van der Waals surface area contributed by atoms with E-state index >= 15 is 0 Å². The van der Waals surface area contributed by atoms with Gasteiger partial charge >= 0.3 is 0 Å². The molecule has 2 bridgehead atoms. The number of fused-ring (bicyclic) bond motifs is 1. The van der Waals surface area contributed by atoms with Crippen LogP contribution >= 0.6 is 11.8 Å². The van der Waals surface area contributed by atoms with Gasteiger partial charge in [0.25, 0.3) is 0 Å². The van der Waals surface area contributed by atoms with Crippen molar-refractivity contribution in [1.82, 2.24) is 10.2 Å². The summed E-state index contributed by atoms with van der Waals surface area (Å²) in [5.74, 6) is -1.29. The number of likely N-dealkylation sites (tertiary alicyclic amines) is 1. The Morgan fingerprint density at radius 2 is 1.88 bits per heavy atom. The minimum absolute atomic E-state index is 0.0470. The number of rotatable bonds is 7. The Balaban J connectivity index is 1.32. The molecular formula is C32H37N3O4S. The fourth-order valence-electron chi connectivity index (χ4n) is 7.19. The topological polar surface area (TPSA) is 87.7 Å². The number of nitrogens with zero attached hydrogens (tertiary/aromatic N) is 1. The Morgan fingerprint density at radius 1 is 1.07 bits per heavy atom. The maximum absolute atomic E-state index is 14.2. The monoisotopic (exact) mass is 559 g/mol. The van der Waals surface area contributed by atoms with Crippen LogP contribution in [0.2, 0.25) is 0 Å². The third-order valence-corrected chi connectivity index (χ3v) is 10.2. The number of carbonyl (C=O) groups is 3. The number of hydrogen-bond donors (Lipinski definition) is 2. The normalized spacial score (nSPS) is 34.1. The molecule has 1 spiro atoms. The number of ether oxygens (including phenoxy) is 1. The van der Waals surface area contributed by atoms with Crippen LogP contribution in [0, 0.1) is 23.7 Å². The van der Waals surface area contributed by atoms with Gasteiger partial charge in [0.1, 0.15) is 11.6 Å². The van der Waals surface area contributed by atoms with Gasteiger partial charge in [0.05, 0.1) is 17.9 Å². The molecule has 0 aromatic heterocycles. The van der Waals surface area contributed by atoms with Crippen LogP contribution in [-0.4, -0.2) is 52.7 Å².